The van der Waals surface area contributed by atoms with E-state index >= 15 is 0 Å². The molecule has 2 aliphatic heterocycles. The maximum atomic E-state index is 9.64. The Kier molecular flexibility index (Phi) is 7.89. The molecule has 9 nitrogen and oxygen atoms in total. The molecular formula is C23H31N5O4. The number of pyridine rings is 1. The SMILES string of the molecule is Cc1cccc(/C=N/Nc2cc(N3CCOCC3)cc(OCCN3CCOC(O)C3)n2)c1. The van der Waals surface area contributed by atoms with Crippen LogP contribution in [0.4, 0.5) is 11.5 Å². The summed E-state index contributed by atoms with van der Waals surface area (Å²) in [7, 11) is 0. The number of β-amino-alcohol motifs (C(OH)–C–C–N with tert-alkyl or cyclic N) is 1. The summed E-state index contributed by atoms with van der Waals surface area (Å²) >= 11 is 0. The highest BCUT2D eigenvalue weighted by molar-refractivity contribution is 5.80. The number of nitrogens with one attached hydrogen (secondary N) is 1. The minimum Gasteiger partial charge on any atom is -0.476 e. The number of hydrogen-bond acceptors (Lipinski definition) is 9. The van der Waals surface area contributed by atoms with Crippen LogP contribution >= 0.6 is 0 Å². The van der Waals surface area contributed by atoms with Crippen LogP contribution in [0.3, 0.4) is 0 Å². The molecule has 32 heavy (non-hydrogen) atoms. The van der Waals surface area contributed by atoms with E-state index in [1.807, 2.05) is 24.3 Å². The van der Waals surface area contributed by atoms with E-state index in [9.17, 15) is 5.11 Å². The second kappa shape index (κ2) is 11.2. The predicted octanol–water partition coefficient (Wildman–Crippen LogP) is 1.70. The van der Waals surface area contributed by atoms with Crippen molar-refractivity contribution in [3.8, 4) is 5.88 Å². The van der Waals surface area contributed by atoms with Gasteiger partial charge in [-0.15, -0.1) is 0 Å². The molecule has 2 saturated heterocycles. The number of ether oxygens (including phenoxy) is 3. The minimum absolute atomic E-state index is 0.471. The molecule has 0 saturated carbocycles. The lowest BCUT2D eigenvalue weighted by molar-refractivity contribution is -0.146. The van der Waals surface area contributed by atoms with Crippen LogP contribution in [0.5, 0.6) is 5.88 Å². The standard InChI is InChI=1S/C23H31N5O4/c1-18-3-2-4-19(13-18)16-24-26-21-14-20(28-7-9-30-10-8-28)15-22(25-21)31-11-5-27-6-12-32-23(29)17-27/h2-4,13-16,23,29H,5-12,17H2,1H3,(H,25,26)/b24-16+. The summed E-state index contributed by atoms with van der Waals surface area (Å²) < 4.78 is 16.6. The topological polar surface area (TPSA) is 91.7 Å². The molecule has 9 heteroatoms. The number of aliphatic hydroxyl groups excluding tert-OH is 1. The number of aromatic nitrogens is 1. The molecule has 0 radical (unpaired) electrons. The first-order valence-corrected chi connectivity index (χ1v) is 11.0. The molecule has 1 aromatic carbocycles. The first-order valence-electron chi connectivity index (χ1n) is 11.0. The van der Waals surface area contributed by atoms with E-state index in [4.69, 9.17) is 14.2 Å². The maximum Gasteiger partial charge on any atom is 0.217 e. The molecular weight excluding hydrogens is 410 g/mol. The molecule has 3 heterocycles. The van der Waals surface area contributed by atoms with Gasteiger partial charge in [0, 0.05) is 50.5 Å². The lowest BCUT2D eigenvalue weighted by Gasteiger charge is -2.30. The summed E-state index contributed by atoms with van der Waals surface area (Å²) in [6, 6.07) is 12.1. The number of anilines is 2. The van der Waals surface area contributed by atoms with Crippen LogP contribution in [0.25, 0.3) is 0 Å². The molecule has 0 bridgehead atoms. The fourth-order valence-electron chi connectivity index (χ4n) is 3.72. The molecule has 0 aliphatic carbocycles. The number of morpholine rings is 2. The lowest BCUT2D eigenvalue weighted by atomic mass is 10.2. The summed E-state index contributed by atoms with van der Waals surface area (Å²) in [4.78, 5) is 8.95. The number of benzene rings is 1. The lowest BCUT2D eigenvalue weighted by Crippen LogP contribution is -2.43. The van der Waals surface area contributed by atoms with Gasteiger partial charge in [-0.25, -0.2) is 0 Å². The van der Waals surface area contributed by atoms with Gasteiger partial charge < -0.3 is 24.2 Å². The molecule has 1 aromatic heterocycles. The smallest absolute Gasteiger partial charge is 0.217 e. The predicted molar refractivity (Wildman–Crippen MR) is 124 cm³/mol. The van der Waals surface area contributed by atoms with E-state index in [0.29, 0.717) is 51.2 Å². The number of aryl methyl sites for hydroxylation is 1. The average molecular weight is 442 g/mol. The number of hydrazone groups is 1. The second-order valence-electron chi connectivity index (χ2n) is 7.91. The Balaban J connectivity index is 1.42. The fourth-order valence-corrected chi connectivity index (χ4v) is 3.72. The molecule has 0 amide bonds. The quantitative estimate of drug-likeness (QED) is 0.473. The second-order valence-corrected chi connectivity index (χ2v) is 7.91. The van der Waals surface area contributed by atoms with Gasteiger partial charge in [0.2, 0.25) is 5.88 Å². The van der Waals surface area contributed by atoms with Gasteiger partial charge in [-0.2, -0.15) is 10.1 Å². The Labute approximate surface area is 188 Å². The van der Waals surface area contributed by atoms with E-state index in [-0.39, 0.29) is 0 Å². The molecule has 2 fully saturated rings. The van der Waals surface area contributed by atoms with Crippen molar-refractivity contribution in [3.63, 3.8) is 0 Å². The summed E-state index contributed by atoms with van der Waals surface area (Å²) in [5.74, 6) is 1.16. The van der Waals surface area contributed by atoms with Gasteiger partial charge in [-0.05, 0) is 12.5 Å². The van der Waals surface area contributed by atoms with Gasteiger partial charge in [-0.1, -0.05) is 29.8 Å². The Hall–Kier alpha value is -2.72. The summed E-state index contributed by atoms with van der Waals surface area (Å²) in [6.07, 6.45) is 1.05. The molecule has 2 N–H and O–H groups in total. The van der Waals surface area contributed by atoms with Gasteiger partial charge in [0.1, 0.15) is 6.61 Å². The Morgan fingerprint density at radius 3 is 2.91 bits per heavy atom. The summed E-state index contributed by atoms with van der Waals surface area (Å²) in [5, 5.41) is 14.0. The van der Waals surface area contributed by atoms with Gasteiger partial charge in [0.15, 0.2) is 12.1 Å². The molecule has 2 aliphatic rings. The average Bonchev–Trinajstić information content (AvgIpc) is 2.80. The molecule has 2 aromatic rings. The highest BCUT2D eigenvalue weighted by Gasteiger charge is 2.18. The highest BCUT2D eigenvalue weighted by atomic mass is 16.6. The third kappa shape index (κ3) is 6.64. The van der Waals surface area contributed by atoms with Crippen LogP contribution in [0.15, 0.2) is 41.5 Å². The van der Waals surface area contributed by atoms with Crippen LogP contribution in [0, 0.1) is 6.92 Å². The minimum atomic E-state index is -0.728. The van der Waals surface area contributed by atoms with Crippen molar-refractivity contribution in [1.29, 1.82) is 0 Å². The van der Waals surface area contributed by atoms with Gasteiger partial charge in [0.05, 0.1) is 26.0 Å². The normalized spacial score (nSPS) is 19.9. The highest BCUT2D eigenvalue weighted by Crippen LogP contribution is 2.25. The van der Waals surface area contributed by atoms with E-state index in [2.05, 4.69) is 44.4 Å². The number of hydrogen-bond donors (Lipinski definition) is 2. The zero-order valence-electron chi connectivity index (χ0n) is 18.4. The maximum absolute atomic E-state index is 9.64. The number of aliphatic hydroxyl groups is 1. The van der Waals surface area contributed by atoms with Gasteiger partial charge in [-0.3, -0.25) is 10.3 Å². The Morgan fingerprint density at radius 1 is 1.22 bits per heavy atom. The third-order valence-corrected chi connectivity index (χ3v) is 5.39. The van der Waals surface area contributed by atoms with Crippen LogP contribution in [0.2, 0.25) is 0 Å². The monoisotopic (exact) mass is 441 g/mol. The van der Waals surface area contributed by atoms with E-state index in [0.717, 1.165) is 30.9 Å². The van der Waals surface area contributed by atoms with E-state index in [1.165, 1.54) is 5.56 Å². The van der Waals surface area contributed by atoms with Crippen molar-refractivity contribution < 1.29 is 19.3 Å². The summed E-state index contributed by atoms with van der Waals surface area (Å²) in [6.45, 7) is 8.06. The Morgan fingerprint density at radius 2 is 2.09 bits per heavy atom. The molecule has 1 unspecified atom stereocenters. The third-order valence-electron chi connectivity index (χ3n) is 5.39. The first kappa shape index (κ1) is 22.5. The molecule has 172 valence electrons. The van der Waals surface area contributed by atoms with Crippen molar-refractivity contribution >= 4 is 17.7 Å². The van der Waals surface area contributed by atoms with Crippen LogP contribution in [-0.2, 0) is 9.47 Å². The number of nitrogens with zero attached hydrogens (tertiary/aromatic N) is 4. The fraction of sp³-hybridized carbons (Fsp3) is 0.478. The van der Waals surface area contributed by atoms with Crippen molar-refractivity contribution in [2.75, 3.05) is 69.5 Å². The van der Waals surface area contributed by atoms with Crippen molar-refractivity contribution in [2.45, 2.75) is 13.2 Å². The van der Waals surface area contributed by atoms with Crippen molar-refractivity contribution in [3.05, 3.63) is 47.5 Å². The molecule has 1 atom stereocenters. The largest absolute Gasteiger partial charge is 0.476 e. The first-order chi connectivity index (χ1) is 15.7. The van der Waals surface area contributed by atoms with E-state index in [1.54, 1.807) is 6.21 Å². The van der Waals surface area contributed by atoms with Crippen molar-refractivity contribution in [1.82, 2.24) is 9.88 Å². The molecule has 0 spiro atoms. The number of rotatable bonds is 8. The zero-order valence-corrected chi connectivity index (χ0v) is 18.4. The van der Waals surface area contributed by atoms with Crippen LogP contribution < -0.4 is 15.1 Å². The van der Waals surface area contributed by atoms with Crippen molar-refractivity contribution in [2.24, 2.45) is 5.10 Å². The Bertz CT molecular complexity index is 904. The van der Waals surface area contributed by atoms with Crippen LogP contribution in [-0.4, -0.2) is 86.6 Å². The van der Waals surface area contributed by atoms with Gasteiger partial charge >= 0.3 is 0 Å². The zero-order chi connectivity index (χ0) is 22.2. The van der Waals surface area contributed by atoms with Crippen LogP contribution in [0.1, 0.15) is 11.1 Å². The summed E-state index contributed by atoms with van der Waals surface area (Å²) in [5.41, 5.74) is 6.26. The van der Waals surface area contributed by atoms with E-state index < -0.39 is 6.29 Å². The van der Waals surface area contributed by atoms with Gasteiger partial charge in [0.25, 0.3) is 0 Å². The molecule has 4 rings (SSSR count).